The van der Waals surface area contributed by atoms with Crippen LogP contribution >= 0.6 is 0 Å². The van der Waals surface area contributed by atoms with Gasteiger partial charge in [-0.3, -0.25) is 24.2 Å². The number of anilines is 2. The Hall–Kier alpha value is -6.14. The molecule has 18 heteroatoms. The number of carbonyl (C=O) groups is 3. The van der Waals surface area contributed by atoms with E-state index in [0.717, 1.165) is 17.3 Å². The highest BCUT2D eigenvalue weighted by Gasteiger charge is 2.22. The summed E-state index contributed by atoms with van der Waals surface area (Å²) in [5, 5.41) is 26.8. The summed E-state index contributed by atoms with van der Waals surface area (Å²) in [5.41, 5.74) is 3.88. The van der Waals surface area contributed by atoms with Crippen LogP contribution in [0.4, 0.5) is 11.8 Å². The van der Waals surface area contributed by atoms with Crippen LogP contribution in [0.15, 0.2) is 89.4 Å². The molecule has 0 saturated carbocycles. The fourth-order valence-corrected chi connectivity index (χ4v) is 5.20. The molecule has 0 aliphatic rings. The van der Waals surface area contributed by atoms with E-state index in [0.29, 0.717) is 24.6 Å². The normalized spacial score (nSPS) is 12.1. The fraction of sp³-hybridized carbons (Fsp3) is 0.167. The number of H-pyrrole nitrogens is 1. The zero-order chi connectivity index (χ0) is 34.1. The van der Waals surface area contributed by atoms with Gasteiger partial charge in [-0.15, -0.1) is 0 Å². The molecule has 0 spiro atoms. The van der Waals surface area contributed by atoms with Crippen molar-refractivity contribution in [3.63, 3.8) is 0 Å². The van der Waals surface area contributed by atoms with Gasteiger partial charge in [0.2, 0.25) is 0 Å². The Morgan fingerprint density at radius 2 is 1.83 bits per heavy atom. The Bertz CT molecular complexity index is 2050. The van der Waals surface area contributed by atoms with Gasteiger partial charge in [0.05, 0.1) is 23.5 Å². The summed E-state index contributed by atoms with van der Waals surface area (Å²) in [7, 11) is -4.45. The van der Waals surface area contributed by atoms with Crippen molar-refractivity contribution in [2.24, 2.45) is 5.10 Å². The molecule has 0 bridgehead atoms. The highest BCUT2D eigenvalue weighted by atomic mass is 32.2. The number of carboxylic acid groups (broad SMARTS) is 1. The number of hydrazone groups is 1. The first-order valence-electron chi connectivity index (χ1n) is 14.4. The fourth-order valence-electron chi connectivity index (χ4n) is 4.53. The predicted molar refractivity (Wildman–Crippen MR) is 174 cm³/mol. The summed E-state index contributed by atoms with van der Waals surface area (Å²) < 4.78 is 34.2. The minimum absolute atomic E-state index is 0.0398. The van der Waals surface area contributed by atoms with Gasteiger partial charge in [0.15, 0.2) is 5.95 Å². The van der Waals surface area contributed by atoms with Gasteiger partial charge in [-0.1, -0.05) is 18.2 Å². The average Bonchev–Trinajstić information content (AvgIpc) is 3.74. The number of pyridine rings is 1. The van der Waals surface area contributed by atoms with Crippen molar-refractivity contribution in [3.8, 4) is 0 Å². The smallest absolute Gasteiger partial charge is 0.328 e. The van der Waals surface area contributed by atoms with E-state index in [-0.39, 0.29) is 28.4 Å². The van der Waals surface area contributed by atoms with E-state index in [2.05, 4.69) is 46.5 Å². The molecule has 0 radical (unpaired) electrons. The number of aliphatic carboxylic acids is 1. The van der Waals surface area contributed by atoms with Crippen LogP contribution in [0.5, 0.6) is 0 Å². The SMILES string of the molecule is O=C(NCC(NC(=O)c1ccc(NN=Cc2ccccc2S(=O)(=O)O)nc1)C(=O)O)c1ccc2c(cnn2CCCNc2ncc[nH]2)c1. The number of nitrogens with one attached hydrogen (secondary N) is 5. The van der Waals surface area contributed by atoms with Crippen LogP contribution in [-0.4, -0.2) is 85.9 Å². The Morgan fingerprint density at radius 3 is 2.56 bits per heavy atom. The summed E-state index contributed by atoms with van der Waals surface area (Å²) in [6.07, 6.45) is 8.18. The average molecular weight is 675 g/mol. The lowest BCUT2D eigenvalue weighted by Gasteiger charge is -2.15. The number of aryl methyl sites for hydroxylation is 1. The molecule has 3 heterocycles. The lowest BCUT2D eigenvalue weighted by atomic mass is 10.1. The number of carbonyl (C=O) groups excluding carboxylic acids is 2. The van der Waals surface area contributed by atoms with Gasteiger partial charge in [-0.2, -0.15) is 18.6 Å². The maximum atomic E-state index is 12.9. The van der Waals surface area contributed by atoms with Crippen molar-refractivity contribution in [2.45, 2.75) is 23.9 Å². The quantitative estimate of drug-likeness (QED) is 0.0365. The number of hydrogen-bond acceptors (Lipinski definition) is 11. The van der Waals surface area contributed by atoms with E-state index in [1.54, 1.807) is 42.9 Å². The van der Waals surface area contributed by atoms with Crippen LogP contribution in [0.3, 0.4) is 0 Å². The third kappa shape index (κ3) is 8.56. The maximum Gasteiger partial charge on any atom is 0.328 e. The monoisotopic (exact) mass is 674 g/mol. The highest BCUT2D eigenvalue weighted by molar-refractivity contribution is 7.86. The molecular formula is C30H30N10O7S. The van der Waals surface area contributed by atoms with Gasteiger partial charge >= 0.3 is 5.97 Å². The number of imidazole rings is 1. The first kappa shape index (κ1) is 33.2. The van der Waals surface area contributed by atoms with Crippen molar-refractivity contribution in [1.82, 2.24) is 35.4 Å². The number of rotatable bonds is 15. The zero-order valence-corrected chi connectivity index (χ0v) is 25.9. The second-order valence-electron chi connectivity index (χ2n) is 10.2. The molecule has 0 saturated heterocycles. The lowest BCUT2D eigenvalue weighted by Crippen LogP contribution is -2.48. The van der Waals surface area contributed by atoms with E-state index >= 15 is 0 Å². The number of fused-ring (bicyclic) bond motifs is 1. The molecule has 1 atom stereocenters. The van der Waals surface area contributed by atoms with Gasteiger partial charge in [0, 0.05) is 54.7 Å². The molecule has 48 heavy (non-hydrogen) atoms. The predicted octanol–water partition coefficient (Wildman–Crippen LogP) is 1.96. The van der Waals surface area contributed by atoms with Crippen molar-refractivity contribution in [3.05, 3.63) is 96.1 Å². The Morgan fingerprint density at radius 1 is 1.02 bits per heavy atom. The molecule has 2 aromatic carbocycles. The Labute approximate surface area is 273 Å². The highest BCUT2D eigenvalue weighted by Crippen LogP contribution is 2.17. The molecule has 5 aromatic rings. The molecule has 7 N–H and O–H groups in total. The zero-order valence-electron chi connectivity index (χ0n) is 25.1. The number of nitrogens with zero attached hydrogens (tertiary/aromatic N) is 5. The number of hydrogen-bond donors (Lipinski definition) is 7. The van der Waals surface area contributed by atoms with Crippen molar-refractivity contribution < 1.29 is 32.5 Å². The third-order valence-corrected chi connectivity index (χ3v) is 7.84. The molecular weight excluding hydrogens is 644 g/mol. The lowest BCUT2D eigenvalue weighted by molar-refractivity contribution is -0.139. The molecule has 5 rings (SSSR count). The van der Waals surface area contributed by atoms with E-state index < -0.39 is 33.9 Å². The van der Waals surface area contributed by atoms with Gasteiger partial charge in [-0.05, 0) is 42.8 Å². The first-order valence-corrected chi connectivity index (χ1v) is 15.8. The largest absolute Gasteiger partial charge is 0.480 e. The number of aromatic amines is 1. The van der Waals surface area contributed by atoms with Crippen LogP contribution in [0.2, 0.25) is 0 Å². The minimum atomic E-state index is -4.45. The molecule has 0 fully saturated rings. The topological polar surface area (TPSA) is 246 Å². The molecule has 2 amide bonds. The maximum absolute atomic E-state index is 12.9. The summed E-state index contributed by atoms with van der Waals surface area (Å²) in [4.78, 5) is 48.3. The van der Waals surface area contributed by atoms with Crippen LogP contribution in [0.25, 0.3) is 10.9 Å². The van der Waals surface area contributed by atoms with E-state index in [9.17, 15) is 32.5 Å². The minimum Gasteiger partial charge on any atom is -0.480 e. The number of amides is 2. The van der Waals surface area contributed by atoms with Gasteiger partial charge in [-0.25, -0.2) is 14.8 Å². The van der Waals surface area contributed by atoms with E-state index in [1.807, 2.05) is 4.68 Å². The summed E-state index contributed by atoms with van der Waals surface area (Å²) in [6.45, 7) is 0.942. The number of carboxylic acids is 1. The van der Waals surface area contributed by atoms with Gasteiger partial charge in [0.25, 0.3) is 21.9 Å². The van der Waals surface area contributed by atoms with Crippen molar-refractivity contribution in [1.29, 1.82) is 0 Å². The van der Waals surface area contributed by atoms with Crippen LogP contribution in [0, 0.1) is 0 Å². The molecule has 17 nitrogen and oxygen atoms in total. The third-order valence-electron chi connectivity index (χ3n) is 6.92. The summed E-state index contributed by atoms with van der Waals surface area (Å²) >= 11 is 0. The second-order valence-corrected chi connectivity index (χ2v) is 11.6. The summed E-state index contributed by atoms with van der Waals surface area (Å²) in [6, 6.07) is 12.0. The Kier molecular flexibility index (Phi) is 10.4. The molecule has 248 valence electrons. The van der Waals surface area contributed by atoms with Crippen LogP contribution in [0.1, 0.15) is 32.7 Å². The second kappa shape index (κ2) is 15.0. The van der Waals surface area contributed by atoms with Crippen LogP contribution < -0.4 is 21.4 Å². The standard InChI is InChI=1S/C30H30N10O7S/c41-27(19-6-8-24-22(14-19)17-37-40(24)13-3-10-31-30-32-11-12-33-30)35-18-23(29(43)44)38-28(42)21-7-9-26(34-15-21)39-36-16-20-4-1-2-5-25(20)48(45,46)47/h1-2,4-9,11-12,14-17,23H,3,10,13,18H2,(H,34,39)(H,35,41)(H,38,42)(H,43,44)(H2,31,32,33)(H,45,46,47). The first-order chi connectivity index (χ1) is 23.1. The number of benzene rings is 2. The number of aromatic nitrogens is 5. The Balaban J connectivity index is 1.12. The summed E-state index contributed by atoms with van der Waals surface area (Å²) in [5.74, 6) is -1.74. The van der Waals surface area contributed by atoms with Crippen molar-refractivity contribution >= 4 is 56.8 Å². The molecule has 3 aromatic heterocycles. The van der Waals surface area contributed by atoms with Gasteiger partial charge < -0.3 is 26.0 Å². The van der Waals surface area contributed by atoms with Gasteiger partial charge in [0.1, 0.15) is 16.8 Å². The van der Waals surface area contributed by atoms with E-state index in [1.165, 1.54) is 42.7 Å². The molecule has 0 aliphatic carbocycles. The molecule has 0 aliphatic heterocycles. The van der Waals surface area contributed by atoms with Crippen molar-refractivity contribution in [2.75, 3.05) is 23.8 Å². The van der Waals surface area contributed by atoms with Crippen LogP contribution in [-0.2, 0) is 21.5 Å². The van der Waals surface area contributed by atoms with E-state index in [4.69, 9.17) is 0 Å². The molecule has 1 unspecified atom stereocenters.